The molecule has 2 amide bonds. The fourth-order valence-corrected chi connectivity index (χ4v) is 3.02. The van der Waals surface area contributed by atoms with Gasteiger partial charge in [-0.15, -0.1) is 0 Å². The van der Waals surface area contributed by atoms with Crippen LogP contribution in [0.2, 0.25) is 0 Å². The van der Waals surface area contributed by atoms with Crippen LogP contribution in [0.1, 0.15) is 41.3 Å². The van der Waals surface area contributed by atoms with Gasteiger partial charge < -0.3 is 16.0 Å². The number of nitrogens with one attached hydrogen (secondary N) is 1. The molecule has 0 bridgehead atoms. The summed E-state index contributed by atoms with van der Waals surface area (Å²) in [5, 5.41) is 2.92. The van der Waals surface area contributed by atoms with E-state index in [9.17, 15) is 9.59 Å². The number of nitrogens with two attached hydrogens (primary N) is 1. The highest BCUT2D eigenvalue weighted by Gasteiger charge is 2.38. The van der Waals surface area contributed by atoms with Crippen LogP contribution < -0.4 is 11.1 Å². The van der Waals surface area contributed by atoms with Gasteiger partial charge in [-0.3, -0.25) is 9.59 Å². The molecule has 3 N–H and O–H groups in total. The zero-order valence-electron chi connectivity index (χ0n) is 11.6. The van der Waals surface area contributed by atoms with Gasteiger partial charge in [-0.05, 0) is 37.0 Å². The monoisotopic (exact) mass is 273 g/mol. The van der Waals surface area contributed by atoms with Crippen LogP contribution in [-0.2, 0) is 17.9 Å². The largest absolute Gasteiger partial charge is 0.352 e. The lowest BCUT2D eigenvalue weighted by molar-refractivity contribution is -0.128. The molecule has 3 rings (SSSR count). The summed E-state index contributed by atoms with van der Waals surface area (Å²) in [5.74, 6) is -0.0813. The molecule has 2 aliphatic rings. The molecule has 0 aromatic heterocycles. The first-order chi connectivity index (χ1) is 9.60. The third kappa shape index (κ3) is 2.08. The maximum absolute atomic E-state index is 12.4. The number of rotatable bonds is 2. The van der Waals surface area contributed by atoms with Crippen LogP contribution in [0.4, 0.5) is 0 Å². The molecular formula is C15H19N3O2. The Morgan fingerprint density at radius 2 is 2.15 bits per heavy atom. The van der Waals surface area contributed by atoms with E-state index in [1.807, 2.05) is 25.1 Å². The van der Waals surface area contributed by atoms with E-state index < -0.39 is 0 Å². The van der Waals surface area contributed by atoms with Gasteiger partial charge in [0.25, 0.3) is 5.91 Å². The standard InChI is InChI=1S/C15H19N3O2/c1-9-2-5-13(14(19)17-9)18-8-11-6-10(7-16)3-4-12(11)15(18)20/h3-4,6,9,13H,2,5,7-8,16H2,1H3,(H,17,19). The van der Waals surface area contributed by atoms with Crippen molar-refractivity contribution in [1.29, 1.82) is 0 Å². The van der Waals surface area contributed by atoms with Crippen molar-refractivity contribution in [1.82, 2.24) is 10.2 Å². The van der Waals surface area contributed by atoms with E-state index in [0.29, 0.717) is 18.7 Å². The Kier molecular flexibility index (Phi) is 3.22. The summed E-state index contributed by atoms with van der Waals surface area (Å²) < 4.78 is 0. The molecule has 2 heterocycles. The lowest BCUT2D eigenvalue weighted by Crippen LogP contribution is -2.53. The van der Waals surface area contributed by atoms with E-state index in [2.05, 4.69) is 5.32 Å². The first-order valence-electron chi connectivity index (χ1n) is 7.03. The van der Waals surface area contributed by atoms with Gasteiger partial charge in [-0.2, -0.15) is 0 Å². The minimum absolute atomic E-state index is 0.0380. The van der Waals surface area contributed by atoms with Crippen LogP contribution >= 0.6 is 0 Å². The van der Waals surface area contributed by atoms with Crippen molar-refractivity contribution in [3.05, 3.63) is 34.9 Å². The minimum Gasteiger partial charge on any atom is -0.352 e. The second-order valence-electron chi connectivity index (χ2n) is 5.63. The third-order valence-corrected chi connectivity index (χ3v) is 4.18. The summed E-state index contributed by atoms with van der Waals surface area (Å²) >= 11 is 0. The Bertz CT molecular complexity index is 570. The van der Waals surface area contributed by atoms with Crippen molar-refractivity contribution in [3.63, 3.8) is 0 Å². The molecule has 0 radical (unpaired) electrons. The maximum atomic E-state index is 12.4. The molecule has 2 atom stereocenters. The first-order valence-corrected chi connectivity index (χ1v) is 7.03. The van der Waals surface area contributed by atoms with Crippen molar-refractivity contribution in [2.45, 2.75) is 44.9 Å². The summed E-state index contributed by atoms with van der Waals surface area (Å²) in [7, 11) is 0. The molecule has 20 heavy (non-hydrogen) atoms. The number of carbonyl (C=O) groups is 2. The van der Waals surface area contributed by atoms with E-state index >= 15 is 0 Å². The van der Waals surface area contributed by atoms with Gasteiger partial charge in [0, 0.05) is 24.7 Å². The molecule has 0 spiro atoms. The lowest BCUT2D eigenvalue weighted by Gasteiger charge is -2.33. The van der Waals surface area contributed by atoms with Crippen LogP contribution in [-0.4, -0.2) is 28.8 Å². The molecule has 0 saturated carbocycles. The van der Waals surface area contributed by atoms with Gasteiger partial charge in [0.15, 0.2) is 0 Å². The van der Waals surface area contributed by atoms with Crippen molar-refractivity contribution < 1.29 is 9.59 Å². The summed E-state index contributed by atoms with van der Waals surface area (Å²) in [5.41, 5.74) is 8.32. The van der Waals surface area contributed by atoms with Crippen LogP contribution in [0.3, 0.4) is 0 Å². The fourth-order valence-electron chi connectivity index (χ4n) is 3.02. The number of amides is 2. The first kappa shape index (κ1) is 13.1. The van der Waals surface area contributed by atoms with Gasteiger partial charge in [-0.25, -0.2) is 0 Å². The number of hydrogen-bond acceptors (Lipinski definition) is 3. The van der Waals surface area contributed by atoms with Crippen LogP contribution in [0.5, 0.6) is 0 Å². The summed E-state index contributed by atoms with van der Waals surface area (Å²) in [6.45, 7) is 2.96. The quantitative estimate of drug-likeness (QED) is 0.835. The van der Waals surface area contributed by atoms with Gasteiger partial charge in [-0.1, -0.05) is 12.1 Å². The van der Waals surface area contributed by atoms with Crippen molar-refractivity contribution >= 4 is 11.8 Å². The van der Waals surface area contributed by atoms with Crippen molar-refractivity contribution in [3.8, 4) is 0 Å². The van der Waals surface area contributed by atoms with Crippen LogP contribution in [0.25, 0.3) is 0 Å². The minimum atomic E-state index is -0.340. The highest BCUT2D eigenvalue weighted by molar-refractivity contribution is 6.01. The highest BCUT2D eigenvalue weighted by Crippen LogP contribution is 2.28. The molecule has 1 saturated heterocycles. The number of nitrogens with zero attached hydrogens (tertiary/aromatic N) is 1. The average molecular weight is 273 g/mol. The zero-order valence-corrected chi connectivity index (χ0v) is 11.6. The lowest BCUT2D eigenvalue weighted by atomic mass is 10.00. The topological polar surface area (TPSA) is 75.4 Å². The molecule has 5 heteroatoms. The number of piperidine rings is 1. The second kappa shape index (κ2) is 4.90. The molecule has 2 aliphatic heterocycles. The summed E-state index contributed by atoms with van der Waals surface area (Å²) in [6.07, 6.45) is 1.64. The van der Waals surface area contributed by atoms with Gasteiger partial charge in [0.1, 0.15) is 6.04 Å². The molecule has 0 aliphatic carbocycles. The highest BCUT2D eigenvalue weighted by atomic mass is 16.2. The number of carbonyl (C=O) groups excluding carboxylic acids is 2. The average Bonchev–Trinajstić information content (AvgIpc) is 2.75. The van der Waals surface area contributed by atoms with Gasteiger partial charge >= 0.3 is 0 Å². The van der Waals surface area contributed by atoms with Gasteiger partial charge in [0.05, 0.1) is 0 Å². The van der Waals surface area contributed by atoms with E-state index in [1.54, 1.807) is 4.90 Å². The van der Waals surface area contributed by atoms with Crippen molar-refractivity contribution in [2.75, 3.05) is 0 Å². The molecule has 1 aromatic rings. The molecule has 1 fully saturated rings. The Labute approximate surface area is 118 Å². The third-order valence-electron chi connectivity index (χ3n) is 4.18. The Morgan fingerprint density at radius 3 is 2.85 bits per heavy atom. The maximum Gasteiger partial charge on any atom is 0.255 e. The Morgan fingerprint density at radius 1 is 1.35 bits per heavy atom. The number of hydrogen-bond donors (Lipinski definition) is 2. The van der Waals surface area contributed by atoms with Gasteiger partial charge in [0.2, 0.25) is 5.91 Å². The predicted octanol–water partition coefficient (Wildman–Crippen LogP) is 0.768. The second-order valence-corrected chi connectivity index (χ2v) is 5.63. The number of benzene rings is 1. The van der Waals surface area contributed by atoms with E-state index in [0.717, 1.165) is 24.0 Å². The van der Waals surface area contributed by atoms with E-state index in [4.69, 9.17) is 5.73 Å². The number of fused-ring (bicyclic) bond motifs is 1. The van der Waals surface area contributed by atoms with Crippen LogP contribution in [0, 0.1) is 0 Å². The summed E-state index contributed by atoms with van der Waals surface area (Å²) in [6, 6.07) is 5.53. The van der Waals surface area contributed by atoms with E-state index in [1.165, 1.54) is 0 Å². The fraction of sp³-hybridized carbons (Fsp3) is 0.467. The molecule has 2 unspecified atom stereocenters. The Hall–Kier alpha value is -1.88. The zero-order chi connectivity index (χ0) is 14.3. The predicted molar refractivity (Wildman–Crippen MR) is 74.8 cm³/mol. The smallest absolute Gasteiger partial charge is 0.255 e. The van der Waals surface area contributed by atoms with Crippen molar-refractivity contribution in [2.24, 2.45) is 5.73 Å². The molecule has 106 valence electrons. The molecule has 5 nitrogen and oxygen atoms in total. The Balaban J connectivity index is 1.84. The molecule has 1 aromatic carbocycles. The normalized spacial score (nSPS) is 25.6. The van der Waals surface area contributed by atoms with Crippen LogP contribution in [0.15, 0.2) is 18.2 Å². The summed E-state index contributed by atoms with van der Waals surface area (Å²) in [4.78, 5) is 26.2. The van der Waals surface area contributed by atoms with E-state index in [-0.39, 0.29) is 23.9 Å². The molecular weight excluding hydrogens is 254 g/mol. The SMILES string of the molecule is CC1CCC(N2Cc3cc(CN)ccc3C2=O)C(=O)N1.